The van der Waals surface area contributed by atoms with Crippen LogP contribution in [-0.4, -0.2) is 46.8 Å². The summed E-state index contributed by atoms with van der Waals surface area (Å²) in [5.74, 6) is 0.953. The van der Waals surface area contributed by atoms with Gasteiger partial charge in [0, 0.05) is 31.6 Å². The van der Waals surface area contributed by atoms with Gasteiger partial charge in [0.1, 0.15) is 6.04 Å². The fourth-order valence-electron chi connectivity index (χ4n) is 6.07. The number of fused-ring (bicyclic) bond motifs is 4. The third kappa shape index (κ3) is 3.87. The Morgan fingerprint density at radius 2 is 1.68 bits per heavy atom. The summed E-state index contributed by atoms with van der Waals surface area (Å²) in [5.41, 5.74) is 8.49. The van der Waals surface area contributed by atoms with Crippen LogP contribution in [0.25, 0.3) is 0 Å². The van der Waals surface area contributed by atoms with Crippen molar-refractivity contribution in [3.05, 3.63) is 71.8 Å². The number of hydrogen-bond donors (Lipinski definition) is 1. The maximum absolute atomic E-state index is 13.3. The monoisotopic (exact) mass is 417 g/mol. The van der Waals surface area contributed by atoms with Crippen molar-refractivity contribution < 1.29 is 9.59 Å². The van der Waals surface area contributed by atoms with Crippen molar-refractivity contribution in [3.8, 4) is 0 Å². The van der Waals surface area contributed by atoms with E-state index < -0.39 is 6.04 Å². The summed E-state index contributed by atoms with van der Waals surface area (Å²) in [5, 5.41) is 0. The second kappa shape index (κ2) is 8.46. The Morgan fingerprint density at radius 3 is 2.42 bits per heavy atom. The summed E-state index contributed by atoms with van der Waals surface area (Å²) in [4.78, 5) is 30.5. The zero-order valence-corrected chi connectivity index (χ0v) is 17.9. The molecule has 2 N–H and O–H groups in total. The maximum Gasteiger partial charge on any atom is 0.244 e. The van der Waals surface area contributed by atoms with Crippen molar-refractivity contribution >= 4 is 11.8 Å². The predicted octanol–water partition coefficient (Wildman–Crippen LogP) is 3.16. The van der Waals surface area contributed by atoms with Gasteiger partial charge in [0.2, 0.25) is 11.8 Å². The number of hydrogen-bond acceptors (Lipinski definition) is 3. The molecule has 0 spiro atoms. The molecule has 3 aliphatic heterocycles. The van der Waals surface area contributed by atoms with Crippen LogP contribution in [0.1, 0.15) is 42.9 Å². The minimum atomic E-state index is -0.628. The zero-order valence-electron chi connectivity index (χ0n) is 17.9. The Labute approximate surface area is 184 Å². The largest absolute Gasteiger partial charge is 0.340 e. The number of piperidine rings is 3. The Bertz CT molecular complexity index is 932. The fourth-order valence-corrected chi connectivity index (χ4v) is 6.07. The molecule has 2 aromatic rings. The second-order valence-corrected chi connectivity index (χ2v) is 9.41. The number of nitrogens with two attached hydrogens (primary N) is 1. The highest BCUT2D eigenvalue weighted by molar-refractivity contribution is 5.83. The topological polar surface area (TPSA) is 66.6 Å². The van der Waals surface area contributed by atoms with E-state index in [1.54, 1.807) is 0 Å². The van der Waals surface area contributed by atoms with E-state index in [0.29, 0.717) is 37.3 Å². The summed E-state index contributed by atoms with van der Waals surface area (Å²) in [6.07, 6.45) is 4.60. The zero-order chi connectivity index (χ0) is 21.4. The lowest BCUT2D eigenvalue weighted by Crippen LogP contribution is -2.66. The van der Waals surface area contributed by atoms with Gasteiger partial charge in [-0.1, -0.05) is 60.7 Å². The van der Waals surface area contributed by atoms with E-state index in [-0.39, 0.29) is 18.0 Å². The second-order valence-electron chi connectivity index (χ2n) is 9.41. The molecule has 162 valence electrons. The van der Waals surface area contributed by atoms with Crippen LogP contribution < -0.4 is 5.73 Å². The first kappa shape index (κ1) is 20.3. The van der Waals surface area contributed by atoms with Gasteiger partial charge in [-0.25, -0.2) is 0 Å². The molecule has 0 aliphatic carbocycles. The van der Waals surface area contributed by atoms with Gasteiger partial charge >= 0.3 is 0 Å². The number of carbonyl (C=O) groups is 2. The standard InChI is InChI=1S/C26H31N3O2/c27-25(19-10-5-2-6-11-19)26(31)28-16-20-15-21(17-28)23(14-18-8-3-1-4-9-18)29-22(20)12-7-13-24(29)30/h1-6,8-11,20-23,25H,7,12-17,27H2/t20-,21+,22+,23+,25-/m1/s1. The van der Waals surface area contributed by atoms with Crippen LogP contribution in [0.5, 0.6) is 0 Å². The molecule has 3 saturated heterocycles. The van der Waals surface area contributed by atoms with Crippen molar-refractivity contribution in [3.63, 3.8) is 0 Å². The van der Waals surface area contributed by atoms with Crippen molar-refractivity contribution in [2.45, 2.75) is 50.2 Å². The SMILES string of the molecule is N[C@@H](C(=O)N1C[C@H]2C[C@@H](C1)[C@H](Cc1ccccc1)N1C(=O)CCC[C@@H]21)c1ccccc1. The molecule has 0 unspecified atom stereocenters. The maximum atomic E-state index is 13.3. The molecule has 2 aromatic carbocycles. The van der Waals surface area contributed by atoms with Crippen LogP contribution in [0.2, 0.25) is 0 Å². The molecule has 2 bridgehead atoms. The molecule has 3 fully saturated rings. The van der Waals surface area contributed by atoms with Crippen LogP contribution in [0.15, 0.2) is 60.7 Å². The molecule has 0 aromatic heterocycles. The third-order valence-corrected chi connectivity index (χ3v) is 7.52. The first-order valence-corrected chi connectivity index (χ1v) is 11.6. The molecule has 5 heteroatoms. The molecule has 0 radical (unpaired) electrons. The summed E-state index contributed by atoms with van der Waals surface area (Å²) in [6.45, 7) is 1.40. The highest BCUT2D eigenvalue weighted by Gasteiger charge is 2.50. The summed E-state index contributed by atoms with van der Waals surface area (Å²) in [7, 11) is 0. The van der Waals surface area contributed by atoms with Gasteiger partial charge in [-0.2, -0.15) is 0 Å². The van der Waals surface area contributed by atoms with Crippen LogP contribution >= 0.6 is 0 Å². The molecular weight excluding hydrogens is 386 g/mol. The first-order chi connectivity index (χ1) is 15.1. The van der Waals surface area contributed by atoms with Crippen molar-refractivity contribution in [2.24, 2.45) is 17.6 Å². The molecular formula is C26H31N3O2. The number of amides is 2. The van der Waals surface area contributed by atoms with Gasteiger partial charge < -0.3 is 15.5 Å². The number of nitrogens with zero attached hydrogens (tertiary/aromatic N) is 2. The molecule has 31 heavy (non-hydrogen) atoms. The smallest absolute Gasteiger partial charge is 0.244 e. The normalized spacial score (nSPS) is 28.7. The van der Waals surface area contributed by atoms with Crippen molar-refractivity contribution in [1.82, 2.24) is 9.80 Å². The van der Waals surface area contributed by atoms with Gasteiger partial charge in [0.15, 0.2) is 0 Å². The average molecular weight is 418 g/mol. The van der Waals surface area contributed by atoms with Gasteiger partial charge in [-0.3, -0.25) is 9.59 Å². The third-order valence-electron chi connectivity index (χ3n) is 7.52. The summed E-state index contributed by atoms with van der Waals surface area (Å²) < 4.78 is 0. The lowest BCUT2D eigenvalue weighted by Gasteiger charge is -2.57. The molecule has 5 nitrogen and oxygen atoms in total. The average Bonchev–Trinajstić information content (AvgIpc) is 2.82. The molecule has 2 amide bonds. The van der Waals surface area contributed by atoms with Crippen molar-refractivity contribution in [2.75, 3.05) is 13.1 Å². The fraction of sp³-hybridized carbons (Fsp3) is 0.462. The Hall–Kier alpha value is -2.66. The minimum Gasteiger partial charge on any atom is -0.340 e. The van der Waals surface area contributed by atoms with Gasteiger partial charge in [0.05, 0.1) is 0 Å². The number of rotatable bonds is 4. The Morgan fingerprint density at radius 1 is 1.00 bits per heavy atom. The Balaban J connectivity index is 1.41. The van der Waals surface area contributed by atoms with Gasteiger partial charge in [-0.05, 0) is 48.6 Å². The van der Waals surface area contributed by atoms with Gasteiger partial charge in [-0.15, -0.1) is 0 Å². The number of carbonyl (C=O) groups excluding carboxylic acids is 2. The van der Waals surface area contributed by atoms with E-state index in [1.807, 2.05) is 41.3 Å². The van der Waals surface area contributed by atoms with Crippen LogP contribution in [0, 0.1) is 11.8 Å². The van der Waals surface area contributed by atoms with Crippen LogP contribution in [0.3, 0.4) is 0 Å². The number of benzene rings is 2. The molecule has 3 heterocycles. The summed E-state index contributed by atoms with van der Waals surface area (Å²) >= 11 is 0. The van der Waals surface area contributed by atoms with E-state index in [1.165, 1.54) is 5.56 Å². The molecule has 5 rings (SSSR count). The number of likely N-dealkylation sites (tertiary alicyclic amines) is 1. The van der Waals surface area contributed by atoms with E-state index in [4.69, 9.17) is 5.73 Å². The molecule has 5 atom stereocenters. The highest BCUT2D eigenvalue weighted by atomic mass is 16.2. The molecule has 3 aliphatic rings. The quantitative estimate of drug-likeness (QED) is 0.831. The summed E-state index contributed by atoms with van der Waals surface area (Å²) in [6, 6.07) is 19.9. The van der Waals surface area contributed by atoms with Gasteiger partial charge in [0.25, 0.3) is 0 Å². The van der Waals surface area contributed by atoms with E-state index in [9.17, 15) is 9.59 Å². The van der Waals surface area contributed by atoms with E-state index in [2.05, 4.69) is 29.2 Å². The first-order valence-electron chi connectivity index (χ1n) is 11.6. The van der Waals surface area contributed by atoms with Crippen molar-refractivity contribution in [1.29, 1.82) is 0 Å². The lowest BCUT2D eigenvalue weighted by molar-refractivity contribution is -0.156. The predicted molar refractivity (Wildman–Crippen MR) is 120 cm³/mol. The van der Waals surface area contributed by atoms with Crippen LogP contribution in [-0.2, 0) is 16.0 Å². The minimum absolute atomic E-state index is 0.00921. The molecule has 0 saturated carbocycles. The van der Waals surface area contributed by atoms with E-state index in [0.717, 1.165) is 31.2 Å². The Kier molecular flexibility index (Phi) is 5.53. The van der Waals surface area contributed by atoms with E-state index >= 15 is 0 Å². The lowest BCUT2D eigenvalue weighted by atomic mass is 9.70. The highest BCUT2D eigenvalue weighted by Crippen LogP contribution is 2.43. The van der Waals surface area contributed by atoms with Crippen LogP contribution in [0.4, 0.5) is 0 Å².